The van der Waals surface area contributed by atoms with Crippen molar-refractivity contribution < 1.29 is 0 Å². The van der Waals surface area contributed by atoms with Crippen LogP contribution in [0.4, 0.5) is 5.82 Å². The predicted octanol–water partition coefficient (Wildman–Crippen LogP) is 2.96. The summed E-state index contributed by atoms with van der Waals surface area (Å²) in [5.74, 6) is 0.575. The van der Waals surface area contributed by atoms with Crippen LogP contribution in [0.15, 0.2) is 36.5 Å². The zero-order chi connectivity index (χ0) is 14.7. The maximum atomic E-state index is 7.52. The number of amidine groups is 1. The number of rotatable bonds is 4. The Balaban J connectivity index is 2.30. The molecule has 0 amide bonds. The number of nitrogen functional groups attached to an aromatic ring is 1. The van der Waals surface area contributed by atoms with Crippen molar-refractivity contribution in [3.63, 3.8) is 0 Å². The average molecular weight is 289 g/mol. The van der Waals surface area contributed by atoms with Gasteiger partial charge in [-0.2, -0.15) is 0 Å². The van der Waals surface area contributed by atoms with Gasteiger partial charge in [0.2, 0.25) is 0 Å². The average Bonchev–Trinajstić information content (AvgIpc) is 2.41. The van der Waals surface area contributed by atoms with Crippen LogP contribution in [-0.4, -0.2) is 17.9 Å². The fourth-order valence-electron chi connectivity index (χ4n) is 2.02. The number of anilines is 1. The first-order valence-electron chi connectivity index (χ1n) is 6.25. The third kappa shape index (κ3) is 2.91. The lowest BCUT2D eigenvalue weighted by Crippen LogP contribution is -2.20. The van der Waals surface area contributed by atoms with Gasteiger partial charge in [-0.25, -0.2) is 4.98 Å². The Morgan fingerprint density at radius 2 is 2.05 bits per heavy atom. The fraction of sp³-hybridized carbons (Fsp3) is 0.200. The standard InChI is InChI=1S/C15H17ClN4/c1-10-5-3-4-6-11(10)9-20(2)15-13(16)12(14(17)18)7-8-19-15/h3-8H,9H2,1-2H3,(H3,17,18). The van der Waals surface area contributed by atoms with E-state index >= 15 is 0 Å². The summed E-state index contributed by atoms with van der Waals surface area (Å²) in [6.07, 6.45) is 1.62. The number of pyridine rings is 1. The molecule has 104 valence electrons. The van der Waals surface area contributed by atoms with Crippen molar-refractivity contribution in [2.45, 2.75) is 13.5 Å². The van der Waals surface area contributed by atoms with E-state index in [9.17, 15) is 0 Å². The number of nitrogens with zero attached hydrogens (tertiary/aromatic N) is 2. The van der Waals surface area contributed by atoms with Crippen molar-refractivity contribution in [3.05, 3.63) is 58.2 Å². The minimum Gasteiger partial charge on any atom is -0.384 e. The molecule has 0 aliphatic rings. The molecule has 0 atom stereocenters. The van der Waals surface area contributed by atoms with Gasteiger partial charge >= 0.3 is 0 Å². The highest BCUT2D eigenvalue weighted by Crippen LogP contribution is 2.27. The second-order valence-electron chi connectivity index (χ2n) is 4.69. The van der Waals surface area contributed by atoms with Gasteiger partial charge in [0.25, 0.3) is 0 Å². The van der Waals surface area contributed by atoms with Crippen molar-refractivity contribution in [2.24, 2.45) is 5.73 Å². The van der Waals surface area contributed by atoms with E-state index in [1.54, 1.807) is 12.3 Å². The Kier molecular flexibility index (Phi) is 4.25. The molecule has 0 fully saturated rings. The zero-order valence-electron chi connectivity index (χ0n) is 11.5. The maximum Gasteiger partial charge on any atom is 0.148 e. The minimum atomic E-state index is -0.0528. The summed E-state index contributed by atoms with van der Waals surface area (Å²) in [7, 11) is 1.92. The molecule has 2 aromatic rings. The van der Waals surface area contributed by atoms with Crippen molar-refractivity contribution in [1.82, 2.24) is 4.98 Å². The maximum absolute atomic E-state index is 7.52. The monoisotopic (exact) mass is 288 g/mol. The normalized spacial score (nSPS) is 10.3. The van der Waals surface area contributed by atoms with E-state index in [0.717, 1.165) is 0 Å². The van der Waals surface area contributed by atoms with Crippen molar-refractivity contribution in [2.75, 3.05) is 11.9 Å². The molecule has 4 nitrogen and oxygen atoms in total. The van der Waals surface area contributed by atoms with Crippen LogP contribution in [0.3, 0.4) is 0 Å². The molecule has 0 radical (unpaired) electrons. The van der Waals surface area contributed by atoms with Gasteiger partial charge < -0.3 is 10.6 Å². The van der Waals surface area contributed by atoms with Gasteiger partial charge in [-0.1, -0.05) is 35.9 Å². The highest BCUT2D eigenvalue weighted by atomic mass is 35.5. The molecule has 0 aliphatic heterocycles. The predicted molar refractivity (Wildman–Crippen MR) is 83.5 cm³/mol. The quantitative estimate of drug-likeness (QED) is 0.671. The number of hydrogen-bond donors (Lipinski definition) is 2. The first kappa shape index (κ1) is 14.3. The van der Waals surface area contributed by atoms with Crippen LogP contribution in [0, 0.1) is 12.3 Å². The fourth-order valence-corrected chi connectivity index (χ4v) is 2.38. The van der Waals surface area contributed by atoms with E-state index in [2.05, 4.69) is 24.0 Å². The van der Waals surface area contributed by atoms with Gasteiger partial charge in [-0.15, -0.1) is 0 Å². The first-order valence-corrected chi connectivity index (χ1v) is 6.63. The second-order valence-corrected chi connectivity index (χ2v) is 5.07. The van der Waals surface area contributed by atoms with Crippen LogP contribution in [0.2, 0.25) is 5.02 Å². The van der Waals surface area contributed by atoms with Crippen molar-refractivity contribution in [3.8, 4) is 0 Å². The zero-order valence-corrected chi connectivity index (χ0v) is 12.3. The van der Waals surface area contributed by atoms with Crippen molar-refractivity contribution in [1.29, 1.82) is 5.41 Å². The molecule has 0 aliphatic carbocycles. The van der Waals surface area contributed by atoms with E-state index in [-0.39, 0.29) is 5.84 Å². The lowest BCUT2D eigenvalue weighted by Gasteiger charge is -2.21. The number of benzene rings is 1. The van der Waals surface area contributed by atoms with Gasteiger partial charge in [0.15, 0.2) is 0 Å². The molecular formula is C15H17ClN4. The third-order valence-corrected chi connectivity index (χ3v) is 3.56. The van der Waals surface area contributed by atoms with Crippen LogP contribution < -0.4 is 10.6 Å². The van der Waals surface area contributed by atoms with E-state index in [1.807, 2.05) is 24.1 Å². The number of aromatic nitrogens is 1. The number of nitrogens with one attached hydrogen (secondary N) is 1. The van der Waals surface area contributed by atoms with Crippen LogP contribution in [-0.2, 0) is 6.54 Å². The lowest BCUT2D eigenvalue weighted by atomic mass is 10.1. The molecule has 1 aromatic heterocycles. The smallest absolute Gasteiger partial charge is 0.148 e. The van der Waals surface area contributed by atoms with Gasteiger partial charge in [0, 0.05) is 25.4 Å². The summed E-state index contributed by atoms with van der Waals surface area (Å²) in [6, 6.07) is 9.83. The first-order chi connectivity index (χ1) is 9.50. The van der Waals surface area contributed by atoms with E-state index in [0.29, 0.717) is 22.9 Å². The molecule has 1 aromatic carbocycles. The van der Waals surface area contributed by atoms with Crippen LogP contribution in [0.25, 0.3) is 0 Å². The summed E-state index contributed by atoms with van der Waals surface area (Å²) in [5, 5.41) is 7.93. The van der Waals surface area contributed by atoms with Crippen LogP contribution in [0.5, 0.6) is 0 Å². The Bertz CT molecular complexity index is 640. The summed E-state index contributed by atoms with van der Waals surface area (Å²) >= 11 is 6.28. The molecule has 1 heterocycles. The summed E-state index contributed by atoms with van der Waals surface area (Å²) in [5.41, 5.74) is 8.45. The second kappa shape index (κ2) is 5.92. The van der Waals surface area contributed by atoms with Gasteiger partial charge in [-0.3, -0.25) is 5.41 Å². The molecule has 0 unspecified atom stereocenters. The van der Waals surface area contributed by atoms with Crippen LogP contribution in [0.1, 0.15) is 16.7 Å². The van der Waals surface area contributed by atoms with E-state index in [1.165, 1.54) is 11.1 Å². The van der Waals surface area contributed by atoms with E-state index < -0.39 is 0 Å². The van der Waals surface area contributed by atoms with Gasteiger partial charge in [0.1, 0.15) is 11.7 Å². The molecular weight excluding hydrogens is 272 g/mol. The molecule has 0 saturated carbocycles. The Morgan fingerprint density at radius 1 is 1.35 bits per heavy atom. The number of aryl methyl sites for hydroxylation is 1. The highest BCUT2D eigenvalue weighted by Gasteiger charge is 2.14. The number of halogens is 1. The SMILES string of the molecule is Cc1ccccc1CN(C)c1nccc(C(=N)N)c1Cl. The molecule has 2 rings (SSSR count). The molecule has 3 N–H and O–H groups in total. The third-order valence-electron chi connectivity index (χ3n) is 3.19. The Hall–Kier alpha value is -2.07. The molecule has 0 bridgehead atoms. The molecule has 0 spiro atoms. The largest absolute Gasteiger partial charge is 0.384 e. The van der Waals surface area contributed by atoms with E-state index in [4.69, 9.17) is 22.7 Å². The molecule has 5 heteroatoms. The minimum absolute atomic E-state index is 0.0528. The van der Waals surface area contributed by atoms with Crippen molar-refractivity contribution >= 4 is 23.3 Å². The van der Waals surface area contributed by atoms with Crippen LogP contribution >= 0.6 is 11.6 Å². The number of hydrogen-bond acceptors (Lipinski definition) is 3. The summed E-state index contributed by atoms with van der Waals surface area (Å²) < 4.78 is 0. The van der Waals surface area contributed by atoms with Gasteiger partial charge in [0.05, 0.1) is 5.02 Å². The summed E-state index contributed by atoms with van der Waals surface area (Å²) in [4.78, 5) is 6.24. The Morgan fingerprint density at radius 3 is 2.70 bits per heavy atom. The summed E-state index contributed by atoms with van der Waals surface area (Å²) in [6.45, 7) is 2.77. The molecule has 20 heavy (non-hydrogen) atoms. The van der Waals surface area contributed by atoms with Gasteiger partial charge in [-0.05, 0) is 24.1 Å². The lowest BCUT2D eigenvalue weighted by molar-refractivity contribution is 0.890. The topological polar surface area (TPSA) is 66.0 Å². The Labute approximate surface area is 123 Å². The molecule has 0 saturated heterocycles. The number of nitrogens with two attached hydrogens (primary N) is 1. The highest BCUT2D eigenvalue weighted by molar-refractivity contribution is 6.36.